The van der Waals surface area contributed by atoms with E-state index in [9.17, 15) is 28.1 Å². The Hall–Kier alpha value is -3.31. The maximum Gasteiger partial charge on any atom is 0.330 e. The smallest absolute Gasteiger partial charge is 0.330 e. The minimum atomic E-state index is -3.85. The van der Waals surface area contributed by atoms with Crippen LogP contribution in [0.25, 0.3) is 0 Å². The molecule has 0 saturated carbocycles. The number of carbonyl (C=O) groups is 2. The number of rotatable bonds is 8. The van der Waals surface area contributed by atoms with E-state index in [4.69, 9.17) is 4.74 Å². The SMILES string of the molecule is Cc1ccc(S(=O)(=O)NCC(=O)NCC(=O)Oc2ccc([N+](=O)[O-])cc2)cc1. The fraction of sp³-hybridized carbons (Fsp3) is 0.176. The molecule has 28 heavy (non-hydrogen) atoms. The van der Waals surface area contributed by atoms with Gasteiger partial charge in [-0.2, -0.15) is 0 Å². The van der Waals surface area contributed by atoms with Crippen LogP contribution in [0.4, 0.5) is 5.69 Å². The number of aryl methyl sites for hydroxylation is 1. The summed E-state index contributed by atoms with van der Waals surface area (Å²) in [5.41, 5.74) is 0.734. The van der Waals surface area contributed by atoms with Gasteiger partial charge in [0.25, 0.3) is 5.69 Å². The Labute approximate surface area is 160 Å². The van der Waals surface area contributed by atoms with Crippen LogP contribution in [0.2, 0.25) is 0 Å². The normalized spacial score (nSPS) is 10.9. The van der Waals surface area contributed by atoms with Crippen molar-refractivity contribution >= 4 is 27.6 Å². The Bertz CT molecular complexity index is 971. The van der Waals surface area contributed by atoms with Gasteiger partial charge in [0.15, 0.2) is 0 Å². The van der Waals surface area contributed by atoms with Crippen LogP contribution in [0.5, 0.6) is 5.75 Å². The van der Waals surface area contributed by atoms with Gasteiger partial charge in [-0.25, -0.2) is 17.9 Å². The number of nitrogens with zero attached hydrogens (tertiary/aromatic N) is 1. The van der Waals surface area contributed by atoms with Crippen LogP contribution < -0.4 is 14.8 Å². The van der Waals surface area contributed by atoms with Crippen LogP contribution in [0.1, 0.15) is 5.56 Å². The third kappa shape index (κ3) is 6.14. The summed E-state index contributed by atoms with van der Waals surface area (Å²) in [7, 11) is -3.85. The van der Waals surface area contributed by atoms with Gasteiger partial charge >= 0.3 is 5.97 Å². The number of amides is 1. The van der Waals surface area contributed by atoms with Crippen molar-refractivity contribution in [2.45, 2.75) is 11.8 Å². The molecule has 0 unspecified atom stereocenters. The number of nitro benzene ring substituents is 1. The molecule has 0 aliphatic carbocycles. The number of sulfonamides is 1. The summed E-state index contributed by atoms with van der Waals surface area (Å²) in [6.07, 6.45) is 0. The molecular formula is C17H17N3O7S. The van der Waals surface area contributed by atoms with Crippen molar-refractivity contribution in [2.75, 3.05) is 13.1 Å². The van der Waals surface area contributed by atoms with Crippen molar-refractivity contribution in [3.8, 4) is 5.75 Å². The molecule has 1 amide bonds. The van der Waals surface area contributed by atoms with Gasteiger partial charge in [-0.3, -0.25) is 14.9 Å². The average molecular weight is 407 g/mol. The fourth-order valence-electron chi connectivity index (χ4n) is 2.00. The van der Waals surface area contributed by atoms with Crippen LogP contribution in [-0.2, 0) is 19.6 Å². The van der Waals surface area contributed by atoms with E-state index in [2.05, 4.69) is 10.0 Å². The number of non-ortho nitro benzene ring substituents is 1. The summed E-state index contributed by atoms with van der Waals surface area (Å²) >= 11 is 0. The molecule has 11 heteroatoms. The molecule has 2 aromatic carbocycles. The monoisotopic (exact) mass is 407 g/mol. The third-order valence-electron chi connectivity index (χ3n) is 3.46. The number of nitro groups is 1. The van der Waals surface area contributed by atoms with Crippen LogP contribution in [0.3, 0.4) is 0 Å². The highest BCUT2D eigenvalue weighted by molar-refractivity contribution is 7.89. The van der Waals surface area contributed by atoms with E-state index in [-0.39, 0.29) is 16.3 Å². The Balaban J connectivity index is 1.79. The highest BCUT2D eigenvalue weighted by Crippen LogP contribution is 2.17. The van der Waals surface area contributed by atoms with Crippen LogP contribution >= 0.6 is 0 Å². The van der Waals surface area contributed by atoms with Crippen molar-refractivity contribution in [2.24, 2.45) is 0 Å². The van der Waals surface area contributed by atoms with Gasteiger partial charge in [0, 0.05) is 12.1 Å². The van der Waals surface area contributed by atoms with Gasteiger partial charge in [-0.15, -0.1) is 0 Å². The molecule has 0 heterocycles. The standard InChI is InChI=1S/C17H17N3O7S/c1-12-2-8-15(9-3-12)28(25,26)19-10-16(21)18-11-17(22)27-14-6-4-13(5-7-14)20(23)24/h2-9,19H,10-11H2,1H3,(H,18,21). The van der Waals surface area contributed by atoms with Crippen LogP contribution in [0.15, 0.2) is 53.4 Å². The Morgan fingerprint density at radius 3 is 2.21 bits per heavy atom. The zero-order valence-electron chi connectivity index (χ0n) is 14.7. The van der Waals surface area contributed by atoms with E-state index >= 15 is 0 Å². The van der Waals surface area contributed by atoms with E-state index in [1.165, 1.54) is 36.4 Å². The molecule has 0 saturated heterocycles. The summed E-state index contributed by atoms with van der Waals surface area (Å²) in [6.45, 7) is 0.760. The first-order chi connectivity index (χ1) is 13.2. The quantitative estimate of drug-likeness (QED) is 0.286. The van der Waals surface area contributed by atoms with E-state index < -0.39 is 39.9 Å². The largest absolute Gasteiger partial charge is 0.425 e. The predicted octanol–water partition coefficient (Wildman–Crippen LogP) is 0.903. The van der Waals surface area contributed by atoms with Crippen molar-refractivity contribution in [1.82, 2.24) is 10.0 Å². The molecule has 10 nitrogen and oxygen atoms in total. The van der Waals surface area contributed by atoms with Gasteiger partial charge < -0.3 is 10.1 Å². The average Bonchev–Trinajstić information content (AvgIpc) is 2.65. The van der Waals surface area contributed by atoms with Crippen molar-refractivity contribution in [1.29, 1.82) is 0 Å². The summed E-state index contributed by atoms with van der Waals surface area (Å²) in [5, 5.41) is 12.8. The van der Waals surface area contributed by atoms with Crippen LogP contribution in [0, 0.1) is 17.0 Å². The molecule has 2 N–H and O–H groups in total. The van der Waals surface area contributed by atoms with Gasteiger partial charge in [0.1, 0.15) is 12.3 Å². The molecule has 0 aliphatic heterocycles. The maximum atomic E-state index is 12.1. The lowest BCUT2D eigenvalue weighted by Crippen LogP contribution is -2.39. The second-order valence-electron chi connectivity index (χ2n) is 5.64. The second-order valence-corrected chi connectivity index (χ2v) is 7.41. The number of carbonyl (C=O) groups excluding carboxylic acids is 2. The predicted molar refractivity (Wildman–Crippen MR) is 98.1 cm³/mol. The first-order valence-corrected chi connectivity index (χ1v) is 9.44. The van der Waals surface area contributed by atoms with E-state index in [0.717, 1.165) is 5.56 Å². The number of nitrogens with one attached hydrogen (secondary N) is 2. The zero-order valence-corrected chi connectivity index (χ0v) is 15.6. The van der Waals surface area contributed by atoms with Gasteiger partial charge in [0.05, 0.1) is 16.4 Å². The molecule has 148 valence electrons. The number of hydrogen-bond acceptors (Lipinski definition) is 7. The molecule has 0 bridgehead atoms. The summed E-state index contributed by atoms with van der Waals surface area (Å²) in [6, 6.07) is 10.9. The summed E-state index contributed by atoms with van der Waals surface area (Å²) in [5.74, 6) is -1.47. The highest BCUT2D eigenvalue weighted by atomic mass is 32.2. The summed E-state index contributed by atoms with van der Waals surface area (Å²) in [4.78, 5) is 33.4. The lowest BCUT2D eigenvalue weighted by atomic mass is 10.2. The van der Waals surface area contributed by atoms with E-state index in [1.54, 1.807) is 12.1 Å². The number of benzene rings is 2. The zero-order chi connectivity index (χ0) is 20.7. The molecule has 0 aliphatic rings. The van der Waals surface area contributed by atoms with E-state index in [0.29, 0.717) is 0 Å². The van der Waals surface area contributed by atoms with Gasteiger partial charge in [-0.05, 0) is 31.2 Å². The molecule has 2 aromatic rings. The maximum absolute atomic E-state index is 12.1. The lowest BCUT2D eigenvalue weighted by Gasteiger charge is -2.08. The molecule has 0 radical (unpaired) electrons. The molecular weight excluding hydrogens is 390 g/mol. The van der Waals surface area contributed by atoms with Gasteiger partial charge in [0.2, 0.25) is 15.9 Å². The Kier molecular flexibility index (Phi) is 6.79. The Morgan fingerprint density at radius 2 is 1.64 bits per heavy atom. The van der Waals surface area contributed by atoms with Gasteiger partial charge in [-0.1, -0.05) is 17.7 Å². The first kappa shape index (κ1) is 21.0. The minimum absolute atomic E-state index is 0.0171. The molecule has 0 fully saturated rings. The molecule has 0 aromatic heterocycles. The topological polar surface area (TPSA) is 145 Å². The summed E-state index contributed by atoms with van der Waals surface area (Å²) < 4.78 is 31.2. The molecule has 0 spiro atoms. The Morgan fingerprint density at radius 1 is 1.04 bits per heavy atom. The third-order valence-corrected chi connectivity index (χ3v) is 4.88. The van der Waals surface area contributed by atoms with Crippen LogP contribution in [-0.4, -0.2) is 38.3 Å². The van der Waals surface area contributed by atoms with Crippen molar-refractivity contribution in [3.05, 3.63) is 64.2 Å². The number of hydrogen-bond donors (Lipinski definition) is 2. The van der Waals surface area contributed by atoms with Crippen molar-refractivity contribution in [3.63, 3.8) is 0 Å². The fourth-order valence-corrected chi connectivity index (χ4v) is 2.98. The first-order valence-electron chi connectivity index (χ1n) is 7.95. The van der Waals surface area contributed by atoms with Crippen molar-refractivity contribution < 1.29 is 27.7 Å². The molecule has 0 atom stereocenters. The van der Waals surface area contributed by atoms with E-state index in [1.807, 2.05) is 6.92 Å². The lowest BCUT2D eigenvalue weighted by molar-refractivity contribution is -0.384. The minimum Gasteiger partial charge on any atom is -0.425 e. The second kappa shape index (κ2) is 9.06. The number of ether oxygens (including phenoxy) is 1. The highest BCUT2D eigenvalue weighted by Gasteiger charge is 2.16. The molecule has 2 rings (SSSR count). The number of esters is 1.